The van der Waals surface area contributed by atoms with Crippen molar-refractivity contribution in [1.82, 2.24) is 5.32 Å². The summed E-state index contributed by atoms with van der Waals surface area (Å²) in [7, 11) is 1.23. The fraction of sp³-hybridized carbons (Fsp3) is 0.692. The Morgan fingerprint density at radius 1 is 1.29 bits per heavy atom. The standard InChI is InChI=1S/C13H18F3N3O5/c1-7(23-3)11(21)19-10(5-4-9(20)6-18-17)12(22)24-8(2)13(14,15)16/h6-8,10H,4-5H2,1-3H3,(H,19,21)/t7-,8-,10+/m1/s1. The van der Waals surface area contributed by atoms with E-state index in [1.807, 2.05) is 0 Å². The van der Waals surface area contributed by atoms with Crippen LogP contribution in [-0.4, -0.2) is 60.2 Å². The summed E-state index contributed by atoms with van der Waals surface area (Å²) in [5.41, 5.74) is 8.22. The van der Waals surface area contributed by atoms with E-state index in [-0.39, 0.29) is 12.8 Å². The van der Waals surface area contributed by atoms with Crippen LogP contribution in [0.15, 0.2) is 0 Å². The second-order valence-corrected chi connectivity index (χ2v) is 4.81. The van der Waals surface area contributed by atoms with Crippen LogP contribution in [0.5, 0.6) is 0 Å². The molecule has 0 bridgehead atoms. The Morgan fingerprint density at radius 3 is 2.33 bits per heavy atom. The van der Waals surface area contributed by atoms with Gasteiger partial charge in [-0.2, -0.15) is 18.0 Å². The third-order valence-electron chi connectivity index (χ3n) is 2.96. The molecule has 0 radical (unpaired) electrons. The molecule has 1 amide bonds. The predicted octanol–water partition coefficient (Wildman–Crippen LogP) is 0.650. The maximum Gasteiger partial charge on any atom is 0.425 e. The van der Waals surface area contributed by atoms with E-state index in [1.54, 1.807) is 0 Å². The summed E-state index contributed by atoms with van der Waals surface area (Å²) in [5.74, 6) is -2.79. The van der Waals surface area contributed by atoms with Crippen LogP contribution < -0.4 is 5.32 Å². The van der Waals surface area contributed by atoms with Gasteiger partial charge >= 0.3 is 18.4 Å². The van der Waals surface area contributed by atoms with E-state index in [0.29, 0.717) is 13.1 Å². The number of nitrogens with zero attached hydrogens (tertiary/aromatic N) is 2. The quantitative estimate of drug-likeness (QED) is 0.283. The Labute approximate surface area is 135 Å². The van der Waals surface area contributed by atoms with Gasteiger partial charge in [-0.25, -0.2) is 4.79 Å². The molecule has 24 heavy (non-hydrogen) atoms. The molecule has 0 aliphatic carbocycles. The van der Waals surface area contributed by atoms with E-state index in [4.69, 9.17) is 10.3 Å². The summed E-state index contributed by atoms with van der Waals surface area (Å²) in [6.45, 7) is 2.00. The van der Waals surface area contributed by atoms with Gasteiger partial charge in [-0.05, 0) is 20.3 Å². The van der Waals surface area contributed by atoms with Crippen molar-refractivity contribution in [3.05, 3.63) is 5.53 Å². The Balaban J connectivity index is 5.01. The van der Waals surface area contributed by atoms with Crippen molar-refractivity contribution in [2.24, 2.45) is 0 Å². The first-order valence-corrected chi connectivity index (χ1v) is 6.83. The number of esters is 1. The molecule has 11 heteroatoms. The van der Waals surface area contributed by atoms with Crippen LogP contribution in [0, 0.1) is 0 Å². The summed E-state index contributed by atoms with van der Waals surface area (Å²) in [5, 5.41) is 2.16. The molecule has 8 nitrogen and oxygen atoms in total. The number of ether oxygens (including phenoxy) is 2. The van der Waals surface area contributed by atoms with E-state index in [2.05, 4.69) is 14.8 Å². The average molecular weight is 353 g/mol. The lowest BCUT2D eigenvalue weighted by Crippen LogP contribution is -2.47. The van der Waals surface area contributed by atoms with E-state index in [0.717, 1.165) is 0 Å². The van der Waals surface area contributed by atoms with Crippen LogP contribution in [0.3, 0.4) is 0 Å². The van der Waals surface area contributed by atoms with Crippen LogP contribution >= 0.6 is 0 Å². The van der Waals surface area contributed by atoms with Gasteiger partial charge in [-0.15, -0.1) is 0 Å². The molecule has 0 saturated carbocycles. The second-order valence-electron chi connectivity index (χ2n) is 4.81. The Bertz CT molecular complexity index is 517. The molecule has 0 saturated heterocycles. The van der Waals surface area contributed by atoms with Crippen LogP contribution in [0.1, 0.15) is 26.7 Å². The molecule has 0 aliphatic heterocycles. The van der Waals surface area contributed by atoms with Gasteiger partial charge in [0, 0.05) is 13.5 Å². The number of halogens is 3. The fourth-order valence-corrected chi connectivity index (χ4v) is 1.38. The number of Topliss-reactive ketones (excluding diaryl/α,β-unsaturated/α-hetero) is 1. The predicted molar refractivity (Wildman–Crippen MR) is 73.9 cm³/mol. The zero-order valence-corrected chi connectivity index (χ0v) is 13.3. The van der Waals surface area contributed by atoms with Gasteiger partial charge in [-0.1, -0.05) is 0 Å². The highest BCUT2D eigenvalue weighted by atomic mass is 19.4. The Morgan fingerprint density at radius 2 is 1.88 bits per heavy atom. The lowest BCUT2D eigenvalue weighted by molar-refractivity contribution is -0.217. The van der Waals surface area contributed by atoms with Gasteiger partial charge in [0.1, 0.15) is 12.1 Å². The third kappa shape index (κ3) is 7.84. The van der Waals surface area contributed by atoms with Gasteiger partial charge in [-0.3, -0.25) is 9.59 Å². The van der Waals surface area contributed by atoms with Gasteiger partial charge in [0.25, 0.3) is 0 Å². The molecule has 136 valence electrons. The van der Waals surface area contributed by atoms with Crippen LogP contribution in [0.25, 0.3) is 5.53 Å². The van der Waals surface area contributed by atoms with Crippen molar-refractivity contribution in [2.75, 3.05) is 7.11 Å². The van der Waals surface area contributed by atoms with Gasteiger partial charge < -0.3 is 20.3 Å². The number of hydrogen-bond donors (Lipinski definition) is 1. The smallest absolute Gasteiger partial charge is 0.425 e. The molecular formula is C13H18F3N3O5. The van der Waals surface area contributed by atoms with Crippen molar-refractivity contribution in [3.63, 3.8) is 0 Å². The van der Waals surface area contributed by atoms with Gasteiger partial charge in [0.05, 0.1) is 0 Å². The van der Waals surface area contributed by atoms with Crippen LogP contribution in [-0.2, 0) is 23.9 Å². The topological polar surface area (TPSA) is 118 Å². The van der Waals surface area contributed by atoms with E-state index in [1.165, 1.54) is 14.0 Å². The number of carbonyl (C=O) groups is 3. The number of ketones is 1. The molecule has 0 aliphatic rings. The van der Waals surface area contributed by atoms with E-state index >= 15 is 0 Å². The van der Waals surface area contributed by atoms with Crippen molar-refractivity contribution in [2.45, 2.75) is 51.1 Å². The number of rotatable bonds is 9. The highest BCUT2D eigenvalue weighted by Gasteiger charge is 2.40. The normalized spacial score (nSPS) is 14.8. The minimum absolute atomic E-state index is 0.337. The minimum atomic E-state index is -4.76. The first kappa shape index (κ1) is 21.7. The minimum Gasteiger partial charge on any atom is -0.451 e. The summed E-state index contributed by atoms with van der Waals surface area (Å²) in [4.78, 5) is 37.3. The molecule has 0 heterocycles. The number of hydrogen-bond acceptors (Lipinski definition) is 5. The second kappa shape index (κ2) is 9.78. The molecule has 0 unspecified atom stereocenters. The lowest BCUT2D eigenvalue weighted by Gasteiger charge is -2.22. The molecule has 0 aromatic heterocycles. The first-order valence-electron chi connectivity index (χ1n) is 6.83. The summed E-state index contributed by atoms with van der Waals surface area (Å²) in [6.07, 6.45) is -8.22. The van der Waals surface area contributed by atoms with Crippen LogP contribution in [0.4, 0.5) is 13.2 Å². The first-order chi connectivity index (χ1) is 11.0. The molecule has 0 spiro atoms. The van der Waals surface area contributed by atoms with Gasteiger partial charge in [0.15, 0.2) is 6.10 Å². The zero-order valence-electron chi connectivity index (χ0n) is 13.3. The summed E-state index contributed by atoms with van der Waals surface area (Å²) < 4.78 is 46.3. The van der Waals surface area contributed by atoms with E-state index in [9.17, 15) is 27.6 Å². The van der Waals surface area contributed by atoms with Crippen molar-refractivity contribution < 1.29 is 41.8 Å². The maximum absolute atomic E-state index is 12.4. The number of carbonyl (C=O) groups excluding carboxylic acids is 3. The zero-order chi connectivity index (χ0) is 18.9. The SMILES string of the molecule is CO[C@H](C)C(=O)N[C@@H](CCC(=O)C=[N+]=[N-])C(=O)O[C@H](C)C(F)(F)F. The molecule has 0 rings (SSSR count). The Kier molecular flexibility index (Phi) is 8.86. The summed E-state index contributed by atoms with van der Waals surface area (Å²) >= 11 is 0. The molecule has 1 N–H and O–H groups in total. The molecule has 0 fully saturated rings. The monoisotopic (exact) mass is 353 g/mol. The van der Waals surface area contributed by atoms with Crippen molar-refractivity contribution in [1.29, 1.82) is 0 Å². The van der Waals surface area contributed by atoms with Crippen molar-refractivity contribution >= 4 is 23.9 Å². The highest BCUT2D eigenvalue weighted by molar-refractivity contribution is 6.25. The Hall–Kier alpha value is -2.26. The van der Waals surface area contributed by atoms with E-state index < -0.39 is 42.1 Å². The largest absolute Gasteiger partial charge is 0.451 e. The highest BCUT2D eigenvalue weighted by Crippen LogP contribution is 2.23. The molecule has 3 atom stereocenters. The third-order valence-corrected chi connectivity index (χ3v) is 2.96. The van der Waals surface area contributed by atoms with Gasteiger partial charge in [0.2, 0.25) is 11.7 Å². The summed E-state index contributed by atoms with van der Waals surface area (Å²) in [6, 6.07) is -1.49. The fourth-order valence-electron chi connectivity index (χ4n) is 1.38. The average Bonchev–Trinajstić information content (AvgIpc) is 2.49. The lowest BCUT2D eigenvalue weighted by atomic mass is 10.1. The number of methoxy groups -OCH3 is 1. The number of alkyl halides is 3. The van der Waals surface area contributed by atoms with Crippen molar-refractivity contribution in [3.8, 4) is 0 Å². The molecule has 0 aromatic carbocycles. The number of amides is 1. The maximum atomic E-state index is 12.4. The number of nitrogens with one attached hydrogen (secondary N) is 1. The van der Waals surface area contributed by atoms with Crippen LogP contribution in [0.2, 0.25) is 0 Å². The molecular weight excluding hydrogens is 335 g/mol. The molecule has 0 aromatic rings.